The second kappa shape index (κ2) is 8.07. The number of nitrogens with zero attached hydrogens (tertiary/aromatic N) is 2. The van der Waals surface area contributed by atoms with Crippen LogP contribution in [0.3, 0.4) is 0 Å². The third-order valence-corrected chi connectivity index (χ3v) is 7.71. The Morgan fingerprint density at radius 1 is 1.22 bits per heavy atom. The molecule has 0 bridgehead atoms. The first-order valence-electron chi connectivity index (χ1n) is 8.32. The number of fused-ring (bicyclic) bond motifs is 1. The first-order valence-corrected chi connectivity index (χ1v) is 11.0. The van der Waals surface area contributed by atoms with Crippen molar-refractivity contribution in [2.24, 2.45) is 4.99 Å². The second-order valence-electron chi connectivity index (χ2n) is 6.34. The topological polar surface area (TPSA) is 94.5 Å². The number of aliphatic imine (C=N–C) groups is 1. The Balaban J connectivity index is 1.89. The number of hydrogen-bond donors (Lipinski definition) is 0. The van der Waals surface area contributed by atoms with Crippen molar-refractivity contribution in [2.75, 3.05) is 39.4 Å². The van der Waals surface area contributed by atoms with Gasteiger partial charge in [0.1, 0.15) is 6.61 Å². The fraction of sp³-hybridized carbons (Fsp3) is 0.529. The predicted octanol–water partition coefficient (Wildman–Crippen LogP) is 0.947. The Hall–Kier alpha value is -1.78. The van der Waals surface area contributed by atoms with E-state index < -0.39 is 9.84 Å². The van der Waals surface area contributed by atoms with E-state index in [0.717, 1.165) is 5.56 Å². The first kappa shape index (κ1) is 20.0. The number of methoxy groups -OCH3 is 3. The van der Waals surface area contributed by atoms with Crippen LogP contribution in [0.5, 0.6) is 11.5 Å². The van der Waals surface area contributed by atoms with Crippen LogP contribution in [0.25, 0.3) is 0 Å². The van der Waals surface area contributed by atoms with Gasteiger partial charge in [0.15, 0.2) is 26.5 Å². The standard InChI is InChI=1S/C17H22N2O6S2/c1-23-8-16(20)18-17-19(12-9-27(21,22)10-15(12)26-17)7-11-4-5-13(24-2)14(6-11)25-3/h4-6,12,15H,7-10H2,1-3H3. The summed E-state index contributed by atoms with van der Waals surface area (Å²) in [6.45, 7) is 0.311. The zero-order chi connectivity index (χ0) is 19.6. The molecule has 0 radical (unpaired) electrons. The van der Waals surface area contributed by atoms with E-state index >= 15 is 0 Å². The average Bonchev–Trinajstić information content (AvgIpc) is 3.07. The highest BCUT2D eigenvalue weighted by Crippen LogP contribution is 2.39. The number of amides is 1. The molecule has 2 unspecified atom stereocenters. The lowest BCUT2D eigenvalue weighted by molar-refractivity contribution is -0.121. The minimum absolute atomic E-state index is 0.0649. The quantitative estimate of drug-likeness (QED) is 0.679. The lowest BCUT2D eigenvalue weighted by Gasteiger charge is -2.24. The van der Waals surface area contributed by atoms with Crippen LogP contribution < -0.4 is 9.47 Å². The molecule has 2 heterocycles. The molecule has 0 aliphatic carbocycles. The van der Waals surface area contributed by atoms with E-state index in [0.29, 0.717) is 23.2 Å². The fourth-order valence-corrected chi connectivity index (χ4v) is 7.23. The molecule has 10 heteroatoms. The Kier molecular flexibility index (Phi) is 5.97. The highest BCUT2D eigenvalue weighted by molar-refractivity contribution is 8.15. The third kappa shape index (κ3) is 4.39. The van der Waals surface area contributed by atoms with Gasteiger partial charge in [-0.3, -0.25) is 4.79 Å². The van der Waals surface area contributed by atoms with Crippen molar-refractivity contribution >= 4 is 32.7 Å². The van der Waals surface area contributed by atoms with Crippen molar-refractivity contribution in [1.82, 2.24) is 4.90 Å². The zero-order valence-corrected chi connectivity index (χ0v) is 17.0. The molecular formula is C17H22N2O6S2. The van der Waals surface area contributed by atoms with Crippen molar-refractivity contribution in [3.63, 3.8) is 0 Å². The molecule has 27 heavy (non-hydrogen) atoms. The molecule has 2 saturated heterocycles. The lowest BCUT2D eigenvalue weighted by Crippen LogP contribution is -2.37. The normalized spacial score (nSPS) is 24.9. The van der Waals surface area contributed by atoms with Crippen molar-refractivity contribution in [3.05, 3.63) is 23.8 Å². The molecule has 1 amide bonds. The van der Waals surface area contributed by atoms with Crippen molar-refractivity contribution in [3.8, 4) is 11.5 Å². The molecular weight excluding hydrogens is 392 g/mol. The molecule has 2 atom stereocenters. The SMILES string of the molecule is COCC(=O)N=C1SC2CS(=O)(=O)CC2N1Cc1ccc(OC)c(OC)c1. The van der Waals surface area contributed by atoms with Gasteiger partial charge in [0.05, 0.1) is 31.8 Å². The molecule has 0 spiro atoms. The lowest BCUT2D eigenvalue weighted by atomic mass is 10.1. The van der Waals surface area contributed by atoms with Gasteiger partial charge >= 0.3 is 0 Å². The first-order chi connectivity index (χ1) is 12.9. The van der Waals surface area contributed by atoms with Crippen molar-refractivity contribution in [1.29, 1.82) is 0 Å². The molecule has 8 nitrogen and oxygen atoms in total. The van der Waals surface area contributed by atoms with Crippen molar-refractivity contribution < 1.29 is 27.4 Å². The van der Waals surface area contributed by atoms with Gasteiger partial charge in [-0.1, -0.05) is 17.8 Å². The van der Waals surface area contributed by atoms with Crippen LogP contribution >= 0.6 is 11.8 Å². The molecule has 1 aromatic carbocycles. The van der Waals surface area contributed by atoms with Gasteiger partial charge in [0.25, 0.3) is 5.91 Å². The molecule has 2 aliphatic heterocycles. The minimum atomic E-state index is -3.09. The molecule has 0 saturated carbocycles. The smallest absolute Gasteiger partial charge is 0.274 e. The van der Waals surface area contributed by atoms with Gasteiger partial charge < -0.3 is 19.1 Å². The summed E-state index contributed by atoms with van der Waals surface area (Å²) in [5.41, 5.74) is 0.907. The molecule has 2 aliphatic rings. The van der Waals surface area contributed by atoms with Crippen molar-refractivity contribution in [2.45, 2.75) is 17.8 Å². The number of ether oxygens (including phenoxy) is 3. The zero-order valence-electron chi connectivity index (χ0n) is 15.4. The van der Waals surface area contributed by atoms with Gasteiger partial charge in [0, 0.05) is 18.9 Å². The highest BCUT2D eigenvalue weighted by atomic mass is 32.2. The third-order valence-electron chi connectivity index (χ3n) is 4.46. The molecule has 3 rings (SSSR count). The Labute approximate surface area is 162 Å². The van der Waals surface area contributed by atoms with E-state index in [2.05, 4.69) is 4.99 Å². The number of carbonyl (C=O) groups excluding carboxylic acids is 1. The van der Waals surface area contributed by atoms with Crippen LogP contribution in [0.2, 0.25) is 0 Å². The van der Waals surface area contributed by atoms with E-state index in [-0.39, 0.29) is 35.3 Å². The van der Waals surface area contributed by atoms with Gasteiger partial charge in [-0.15, -0.1) is 0 Å². The number of benzene rings is 1. The van der Waals surface area contributed by atoms with Crippen LogP contribution in [0.1, 0.15) is 5.56 Å². The van der Waals surface area contributed by atoms with Crippen LogP contribution in [0.4, 0.5) is 0 Å². The number of thioether (sulfide) groups is 1. The second-order valence-corrected chi connectivity index (χ2v) is 9.70. The average molecular weight is 415 g/mol. The van der Waals surface area contributed by atoms with E-state index in [1.165, 1.54) is 18.9 Å². The van der Waals surface area contributed by atoms with Crippen LogP contribution in [-0.4, -0.2) is 75.1 Å². The number of hydrogen-bond acceptors (Lipinski definition) is 7. The van der Waals surface area contributed by atoms with Crippen LogP contribution in [0, 0.1) is 0 Å². The largest absolute Gasteiger partial charge is 0.493 e. The maximum absolute atomic E-state index is 12.1. The summed E-state index contributed by atoms with van der Waals surface area (Å²) >= 11 is 1.35. The maximum atomic E-state index is 12.1. The molecule has 2 fully saturated rings. The molecule has 148 valence electrons. The summed E-state index contributed by atoms with van der Waals surface area (Å²) in [4.78, 5) is 18.0. The van der Waals surface area contributed by atoms with Gasteiger partial charge in [-0.2, -0.15) is 4.99 Å². The summed E-state index contributed by atoms with van der Waals surface area (Å²) in [7, 11) is 1.47. The molecule has 1 aromatic rings. The van der Waals surface area contributed by atoms with Crippen LogP contribution in [-0.2, 0) is 25.9 Å². The summed E-state index contributed by atoms with van der Waals surface area (Å²) in [6, 6.07) is 5.32. The van der Waals surface area contributed by atoms with Gasteiger partial charge in [-0.25, -0.2) is 8.42 Å². The van der Waals surface area contributed by atoms with Gasteiger partial charge in [0.2, 0.25) is 0 Å². The van der Waals surface area contributed by atoms with E-state index in [1.54, 1.807) is 20.3 Å². The maximum Gasteiger partial charge on any atom is 0.274 e. The molecule has 0 aromatic heterocycles. The Bertz CT molecular complexity index is 855. The summed E-state index contributed by atoms with van der Waals surface area (Å²) in [5, 5.41) is 0.418. The number of carbonyl (C=O) groups is 1. The highest BCUT2D eigenvalue weighted by Gasteiger charge is 2.48. The van der Waals surface area contributed by atoms with E-state index in [1.807, 2.05) is 17.0 Å². The fourth-order valence-electron chi connectivity index (χ4n) is 3.26. The van der Waals surface area contributed by atoms with Crippen LogP contribution in [0.15, 0.2) is 23.2 Å². The predicted molar refractivity (Wildman–Crippen MR) is 103 cm³/mol. The number of rotatable bonds is 6. The number of amidine groups is 1. The summed E-state index contributed by atoms with van der Waals surface area (Å²) < 4.78 is 39.5. The summed E-state index contributed by atoms with van der Waals surface area (Å²) in [5.74, 6) is 0.978. The van der Waals surface area contributed by atoms with E-state index in [4.69, 9.17) is 14.2 Å². The Morgan fingerprint density at radius 3 is 2.63 bits per heavy atom. The Morgan fingerprint density at radius 2 is 1.96 bits per heavy atom. The number of sulfone groups is 1. The van der Waals surface area contributed by atoms with Gasteiger partial charge in [-0.05, 0) is 17.7 Å². The summed E-state index contributed by atoms with van der Waals surface area (Å²) in [6.07, 6.45) is 0. The van der Waals surface area contributed by atoms with E-state index in [9.17, 15) is 13.2 Å². The molecule has 0 N–H and O–H groups in total. The monoisotopic (exact) mass is 414 g/mol. The minimum Gasteiger partial charge on any atom is -0.493 e.